The van der Waals surface area contributed by atoms with Gasteiger partial charge in [0.15, 0.2) is 0 Å². The van der Waals surface area contributed by atoms with Crippen molar-refractivity contribution in [3.05, 3.63) is 48.6 Å². The van der Waals surface area contributed by atoms with Gasteiger partial charge in [-0.3, -0.25) is 0 Å². The molecule has 0 aromatic rings. The summed E-state index contributed by atoms with van der Waals surface area (Å²) in [6.07, 6.45) is 21.4. The van der Waals surface area contributed by atoms with Gasteiger partial charge in [-0.25, -0.2) is 0 Å². The molecule has 1 rings (SSSR count). The molecule has 1 aliphatic rings. The molecule has 0 bridgehead atoms. The highest BCUT2D eigenvalue weighted by Gasteiger charge is 2.25. The monoisotopic (exact) mass is 276 g/mol. The first-order chi connectivity index (χ1) is 9.88. The molecule has 2 atom stereocenters. The predicted octanol–water partition coefficient (Wildman–Crippen LogP) is 4.60. The van der Waals surface area contributed by atoms with E-state index >= 15 is 0 Å². The van der Waals surface area contributed by atoms with Crippen LogP contribution in [0.25, 0.3) is 0 Å². The molecular weight excluding hydrogens is 248 g/mol. The zero-order chi connectivity index (χ0) is 14.5. The molecule has 2 unspecified atom stereocenters. The number of ether oxygens (including phenoxy) is 2. The van der Waals surface area contributed by atoms with Crippen LogP contribution < -0.4 is 0 Å². The molecular formula is C18H28O2. The molecule has 0 heterocycles. The minimum absolute atomic E-state index is 0.245. The van der Waals surface area contributed by atoms with Crippen molar-refractivity contribution < 1.29 is 9.47 Å². The molecule has 1 aliphatic carbocycles. The number of hydrogen-bond donors (Lipinski definition) is 0. The quantitative estimate of drug-likeness (QED) is 0.603. The Morgan fingerprint density at radius 2 is 1.20 bits per heavy atom. The molecule has 1 fully saturated rings. The van der Waals surface area contributed by atoms with Crippen molar-refractivity contribution in [3.63, 3.8) is 0 Å². The zero-order valence-corrected chi connectivity index (χ0v) is 12.8. The molecule has 0 radical (unpaired) electrons. The van der Waals surface area contributed by atoms with E-state index in [1.54, 1.807) is 0 Å². The summed E-state index contributed by atoms with van der Waals surface area (Å²) >= 11 is 0. The summed E-state index contributed by atoms with van der Waals surface area (Å²) in [6.45, 7) is 5.36. The van der Waals surface area contributed by atoms with E-state index in [1.165, 1.54) is 12.8 Å². The average Bonchev–Trinajstić information content (AvgIpc) is 2.48. The second-order valence-corrected chi connectivity index (χ2v) is 4.94. The number of hydrogen-bond acceptors (Lipinski definition) is 2. The fourth-order valence-corrected chi connectivity index (χ4v) is 2.29. The van der Waals surface area contributed by atoms with Gasteiger partial charge in [0, 0.05) is 0 Å². The third kappa shape index (κ3) is 7.46. The van der Waals surface area contributed by atoms with Gasteiger partial charge in [-0.15, -0.1) is 0 Å². The van der Waals surface area contributed by atoms with Gasteiger partial charge >= 0.3 is 0 Å². The Morgan fingerprint density at radius 3 is 1.60 bits per heavy atom. The SMILES string of the molecule is C/C=C/C=C/COC1CCCCC1OC/C=C/C=C/C. The van der Waals surface area contributed by atoms with Crippen LogP contribution in [0.5, 0.6) is 0 Å². The summed E-state index contributed by atoms with van der Waals surface area (Å²) in [5.41, 5.74) is 0. The van der Waals surface area contributed by atoms with Crippen LogP contribution in [0, 0.1) is 0 Å². The van der Waals surface area contributed by atoms with Gasteiger partial charge in [-0.1, -0.05) is 61.4 Å². The summed E-state index contributed by atoms with van der Waals surface area (Å²) < 4.78 is 11.9. The molecule has 1 saturated carbocycles. The minimum Gasteiger partial charge on any atom is -0.371 e. The van der Waals surface area contributed by atoms with Gasteiger partial charge in [-0.05, 0) is 26.7 Å². The Balaban J connectivity index is 2.30. The maximum Gasteiger partial charge on any atom is 0.0841 e. The molecule has 2 nitrogen and oxygen atoms in total. The summed E-state index contributed by atoms with van der Waals surface area (Å²) in [5, 5.41) is 0. The molecule has 20 heavy (non-hydrogen) atoms. The zero-order valence-electron chi connectivity index (χ0n) is 12.8. The lowest BCUT2D eigenvalue weighted by molar-refractivity contribution is -0.0782. The first-order valence-electron chi connectivity index (χ1n) is 7.67. The summed E-state index contributed by atoms with van der Waals surface area (Å²) in [5.74, 6) is 0. The van der Waals surface area contributed by atoms with Crippen LogP contribution in [0.2, 0.25) is 0 Å². The second-order valence-electron chi connectivity index (χ2n) is 4.94. The van der Waals surface area contributed by atoms with Gasteiger partial charge in [0.2, 0.25) is 0 Å². The van der Waals surface area contributed by atoms with Crippen molar-refractivity contribution in [2.75, 3.05) is 13.2 Å². The van der Waals surface area contributed by atoms with Crippen LogP contribution >= 0.6 is 0 Å². The van der Waals surface area contributed by atoms with E-state index < -0.39 is 0 Å². The lowest BCUT2D eigenvalue weighted by Crippen LogP contribution is -2.35. The second kappa shape index (κ2) is 11.7. The van der Waals surface area contributed by atoms with Gasteiger partial charge in [0.05, 0.1) is 25.4 Å². The fourth-order valence-electron chi connectivity index (χ4n) is 2.29. The van der Waals surface area contributed by atoms with Crippen LogP contribution in [0.3, 0.4) is 0 Å². The molecule has 0 amide bonds. The van der Waals surface area contributed by atoms with Crippen molar-refractivity contribution in [1.82, 2.24) is 0 Å². The molecule has 112 valence electrons. The Labute approximate surface area is 123 Å². The summed E-state index contributed by atoms with van der Waals surface area (Å²) in [7, 11) is 0. The van der Waals surface area contributed by atoms with Crippen molar-refractivity contribution >= 4 is 0 Å². The van der Waals surface area contributed by atoms with Crippen LogP contribution in [-0.4, -0.2) is 25.4 Å². The Kier molecular flexibility index (Phi) is 9.89. The standard InChI is InChI=1S/C18H28O2/c1-3-5-7-11-15-19-17-13-9-10-14-18(17)20-16-12-8-6-4-2/h3-8,11-12,17-18H,9-10,13-16H2,1-2H3/b5-3+,6-4+,11-7+,12-8+. The lowest BCUT2D eigenvalue weighted by atomic mass is 9.94. The van der Waals surface area contributed by atoms with Crippen LogP contribution in [0.4, 0.5) is 0 Å². The van der Waals surface area contributed by atoms with E-state index in [0.717, 1.165) is 12.8 Å². The van der Waals surface area contributed by atoms with Crippen molar-refractivity contribution in [2.24, 2.45) is 0 Å². The maximum absolute atomic E-state index is 5.94. The third-order valence-corrected chi connectivity index (χ3v) is 3.33. The van der Waals surface area contributed by atoms with Gasteiger partial charge in [0.25, 0.3) is 0 Å². The highest BCUT2D eigenvalue weighted by molar-refractivity contribution is 5.02. The lowest BCUT2D eigenvalue weighted by Gasteiger charge is -2.30. The first-order valence-corrected chi connectivity index (χ1v) is 7.67. The third-order valence-electron chi connectivity index (χ3n) is 3.33. The molecule has 0 saturated heterocycles. The Bertz CT molecular complexity index is 305. The van der Waals surface area contributed by atoms with Crippen molar-refractivity contribution in [2.45, 2.75) is 51.7 Å². The van der Waals surface area contributed by atoms with Crippen molar-refractivity contribution in [1.29, 1.82) is 0 Å². The van der Waals surface area contributed by atoms with E-state index in [4.69, 9.17) is 9.47 Å². The number of rotatable bonds is 8. The molecule has 0 aromatic heterocycles. The first kappa shape index (κ1) is 16.9. The topological polar surface area (TPSA) is 18.5 Å². The molecule has 2 heteroatoms. The van der Waals surface area contributed by atoms with Crippen LogP contribution in [0.15, 0.2) is 48.6 Å². The summed E-state index contributed by atoms with van der Waals surface area (Å²) in [4.78, 5) is 0. The Morgan fingerprint density at radius 1 is 0.750 bits per heavy atom. The van der Waals surface area contributed by atoms with Crippen LogP contribution in [-0.2, 0) is 9.47 Å². The smallest absolute Gasteiger partial charge is 0.0841 e. The van der Waals surface area contributed by atoms with Crippen LogP contribution in [0.1, 0.15) is 39.5 Å². The maximum atomic E-state index is 5.94. The van der Waals surface area contributed by atoms with E-state index in [-0.39, 0.29) is 12.2 Å². The minimum atomic E-state index is 0.245. The number of allylic oxidation sites excluding steroid dienone is 6. The molecule has 0 spiro atoms. The van der Waals surface area contributed by atoms with E-state index in [2.05, 4.69) is 12.2 Å². The highest BCUT2D eigenvalue weighted by Crippen LogP contribution is 2.23. The average molecular weight is 276 g/mol. The van der Waals surface area contributed by atoms with Gasteiger partial charge in [0.1, 0.15) is 0 Å². The van der Waals surface area contributed by atoms with Gasteiger partial charge in [-0.2, -0.15) is 0 Å². The molecule has 0 N–H and O–H groups in total. The summed E-state index contributed by atoms with van der Waals surface area (Å²) in [6, 6.07) is 0. The molecule has 0 aromatic carbocycles. The molecule has 0 aliphatic heterocycles. The predicted molar refractivity (Wildman–Crippen MR) is 85.9 cm³/mol. The highest BCUT2D eigenvalue weighted by atomic mass is 16.5. The van der Waals surface area contributed by atoms with E-state index in [1.807, 2.05) is 50.3 Å². The normalized spacial score (nSPS) is 24.7. The fraction of sp³-hybridized carbons (Fsp3) is 0.556. The van der Waals surface area contributed by atoms with E-state index in [0.29, 0.717) is 13.2 Å². The van der Waals surface area contributed by atoms with Crippen molar-refractivity contribution in [3.8, 4) is 0 Å². The van der Waals surface area contributed by atoms with Gasteiger partial charge < -0.3 is 9.47 Å². The Hall–Kier alpha value is -1.12. The van der Waals surface area contributed by atoms with E-state index in [9.17, 15) is 0 Å². The largest absolute Gasteiger partial charge is 0.371 e.